The lowest BCUT2D eigenvalue weighted by molar-refractivity contribution is 0.0601. The maximum absolute atomic E-state index is 12.2. The van der Waals surface area contributed by atoms with Crippen molar-refractivity contribution in [3.63, 3.8) is 0 Å². The first-order valence-corrected chi connectivity index (χ1v) is 6.93. The predicted octanol–water partition coefficient (Wildman–Crippen LogP) is 3.26. The summed E-state index contributed by atoms with van der Waals surface area (Å²) in [6.45, 7) is 0. The second kappa shape index (κ2) is 5.96. The van der Waals surface area contributed by atoms with Crippen molar-refractivity contribution in [1.29, 1.82) is 0 Å². The summed E-state index contributed by atoms with van der Waals surface area (Å²) in [6.07, 6.45) is 0. The van der Waals surface area contributed by atoms with E-state index in [2.05, 4.69) is 4.74 Å². The highest BCUT2D eigenvalue weighted by Crippen LogP contribution is 2.24. The minimum atomic E-state index is -0.448. The van der Waals surface area contributed by atoms with Crippen molar-refractivity contribution in [2.75, 3.05) is 14.2 Å². The molecule has 0 radical (unpaired) electrons. The van der Waals surface area contributed by atoms with E-state index in [9.17, 15) is 9.59 Å². The van der Waals surface area contributed by atoms with Crippen molar-refractivity contribution in [1.82, 2.24) is 0 Å². The first-order chi connectivity index (χ1) is 11.1. The minimum absolute atomic E-state index is 0.422. The molecular weight excluding hydrogens is 296 g/mol. The Labute approximate surface area is 132 Å². The van der Waals surface area contributed by atoms with Gasteiger partial charge in [-0.1, -0.05) is 12.1 Å². The largest absolute Gasteiger partial charge is 0.497 e. The van der Waals surface area contributed by atoms with Crippen molar-refractivity contribution in [2.24, 2.45) is 0 Å². The second-order valence-corrected chi connectivity index (χ2v) is 4.92. The third kappa shape index (κ3) is 2.81. The smallest absolute Gasteiger partial charge is 0.344 e. The third-order valence-electron chi connectivity index (χ3n) is 3.56. The topological polar surface area (TPSA) is 65.7 Å². The van der Waals surface area contributed by atoms with Gasteiger partial charge in [0.25, 0.3) is 0 Å². The molecule has 0 atom stereocenters. The van der Waals surface area contributed by atoms with Gasteiger partial charge in [-0.05, 0) is 35.9 Å². The molecule has 0 saturated heterocycles. The number of carbonyl (C=O) groups excluding carboxylic acids is 1. The first-order valence-electron chi connectivity index (χ1n) is 6.93. The maximum atomic E-state index is 12.2. The first kappa shape index (κ1) is 14.8. The molecule has 0 aliphatic rings. The Morgan fingerprint density at radius 2 is 1.74 bits per heavy atom. The SMILES string of the molecule is COC(=O)c1ccc(-c2cc3ccc(OC)cc3oc2=O)cc1. The summed E-state index contributed by atoms with van der Waals surface area (Å²) in [5, 5.41) is 0.789. The summed E-state index contributed by atoms with van der Waals surface area (Å²) in [6, 6.07) is 13.6. The normalized spacial score (nSPS) is 10.5. The summed E-state index contributed by atoms with van der Waals surface area (Å²) in [5.74, 6) is 0.199. The van der Waals surface area contributed by atoms with Crippen LogP contribution in [-0.4, -0.2) is 20.2 Å². The quantitative estimate of drug-likeness (QED) is 0.549. The summed E-state index contributed by atoms with van der Waals surface area (Å²) < 4.78 is 15.1. The molecule has 0 saturated carbocycles. The average molecular weight is 310 g/mol. The highest BCUT2D eigenvalue weighted by molar-refractivity contribution is 5.90. The van der Waals surface area contributed by atoms with Crippen LogP contribution in [0.15, 0.2) is 57.7 Å². The van der Waals surface area contributed by atoms with Crippen molar-refractivity contribution >= 4 is 16.9 Å². The van der Waals surface area contributed by atoms with Gasteiger partial charge in [-0.2, -0.15) is 0 Å². The van der Waals surface area contributed by atoms with Gasteiger partial charge in [0.05, 0.1) is 25.3 Å². The van der Waals surface area contributed by atoms with E-state index in [1.165, 1.54) is 7.11 Å². The van der Waals surface area contributed by atoms with Crippen LogP contribution in [0.2, 0.25) is 0 Å². The van der Waals surface area contributed by atoms with E-state index in [4.69, 9.17) is 9.15 Å². The number of fused-ring (bicyclic) bond motifs is 1. The van der Waals surface area contributed by atoms with Crippen molar-refractivity contribution < 1.29 is 18.7 Å². The Morgan fingerprint density at radius 1 is 1.00 bits per heavy atom. The molecule has 0 aliphatic carbocycles. The van der Waals surface area contributed by atoms with Crippen LogP contribution in [0.5, 0.6) is 5.75 Å². The molecule has 5 heteroatoms. The fraction of sp³-hybridized carbons (Fsp3) is 0.111. The van der Waals surface area contributed by atoms with Crippen LogP contribution in [0.4, 0.5) is 0 Å². The number of methoxy groups -OCH3 is 2. The van der Waals surface area contributed by atoms with Gasteiger partial charge in [-0.25, -0.2) is 9.59 Å². The molecule has 3 rings (SSSR count). The molecule has 0 bridgehead atoms. The van der Waals surface area contributed by atoms with Gasteiger partial charge in [-0.15, -0.1) is 0 Å². The zero-order valence-electron chi connectivity index (χ0n) is 12.7. The van der Waals surface area contributed by atoms with Crippen LogP contribution in [0.1, 0.15) is 10.4 Å². The molecule has 1 heterocycles. The van der Waals surface area contributed by atoms with E-state index in [1.807, 2.05) is 6.07 Å². The number of hydrogen-bond donors (Lipinski definition) is 0. The zero-order chi connectivity index (χ0) is 16.4. The Morgan fingerprint density at radius 3 is 2.39 bits per heavy atom. The van der Waals surface area contributed by atoms with Crippen molar-refractivity contribution in [3.05, 3.63) is 64.5 Å². The van der Waals surface area contributed by atoms with Crippen LogP contribution < -0.4 is 10.4 Å². The number of benzene rings is 2. The van der Waals surface area contributed by atoms with Crippen LogP contribution in [0.3, 0.4) is 0 Å². The Balaban J connectivity index is 2.07. The number of rotatable bonds is 3. The molecule has 0 unspecified atom stereocenters. The molecule has 0 fully saturated rings. The summed E-state index contributed by atoms with van der Waals surface area (Å²) in [7, 11) is 2.87. The lowest BCUT2D eigenvalue weighted by Gasteiger charge is -2.05. The fourth-order valence-electron chi connectivity index (χ4n) is 2.32. The Bertz CT molecular complexity index is 922. The van der Waals surface area contributed by atoms with Gasteiger partial charge in [-0.3, -0.25) is 0 Å². The van der Waals surface area contributed by atoms with Crippen LogP contribution in [-0.2, 0) is 4.74 Å². The Hall–Kier alpha value is -3.08. The van der Waals surface area contributed by atoms with Crippen molar-refractivity contribution in [2.45, 2.75) is 0 Å². The van der Waals surface area contributed by atoms with Gasteiger partial charge in [0.1, 0.15) is 11.3 Å². The molecule has 0 aliphatic heterocycles. The molecule has 5 nitrogen and oxygen atoms in total. The fourth-order valence-corrected chi connectivity index (χ4v) is 2.32. The summed E-state index contributed by atoms with van der Waals surface area (Å²) in [5.41, 5.74) is 1.54. The lowest BCUT2D eigenvalue weighted by atomic mass is 10.0. The summed E-state index contributed by atoms with van der Waals surface area (Å²) in [4.78, 5) is 23.7. The van der Waals surface area contributed by atoms with Gasteiger partial charge in [0.2, 0.25) is 0 Å². The van der Waals surface area contributed by atoms with Gasteiger partial charge in [0.15, 0.2) is 0 Å². The van der Waals surface area contributed by atoms with E-state index in [0.717, 1.165) is 5.39 Å². The average Bonchev–Trinajstić information content (AvgIpc) is 2.60. The van der Waals surface area contributed by atoms with E-state index in [1.54, 1.807) is 49.6 Å². The lowest BCUT2D eigenvalue weighted by Crippen LogP contribution is -2.04. The Kier molecular flexibility index (Phi) is 3.85. The van der Waals surface area contributed by atoms with Gasteiger partial charge >= 0.3 is 11.6 Å². The minimum Gasteiger partial charge on any atom is -0.497 e. The van der Waals surface area contributed by atoms with Crippen LogP contribution in [0, 0.1) is 0 Å². The maximum Gasteiger partial charge on any atom is 0.344 e. The monoisotopic (exact) mass is 310 g/mol. The van der Waals surface area contributed by atoms with Gasteiger partial charge < -0.3 is 13.9 Å². The molecule has 116 valence electrons. The van der Waals surface area contributed by atoms with E-state index in [0.29, 0.717) is 28.0 Å². The van der Waals surface area contributed by atoms with Crippen LogP contribution in [0.25, 0.3) is 22.1 Å². The zero-order valence-corrected chi connectivity index (χ0v) is 12.7. The second-order valence-electron chi connectivity index (χ2n) is 4.92. The van der Waals surface area contributed by atoms with Crippen molar-refractivity contribution in [3.8, 4) is 16.9 Å². The van der Waals surface area contributed by atoms with E-state index >= 15 is 0 Å². The summed E-state index contributed by atoms with van der Waals surface area (Å²) >= 11 is 0. The number of ether oxygens (including phenoxy) is 2. The third-order valence-corrected chi connectivity index (χ3v) is 3.56. The van der Waals surface area contributed by atoms with E-state index < -0.39 is 11.6 Å². The number of carbonyl (C=O) groups is 1. The van der Waals surface area contributed by atoms with E-state index in [-0.39, 0.29) is 0 Å². The molecule has 1 aromatic heterocycles. The molecule has 0 amide bonds. The highest BCUT2D eigenvalue weighted by Gasteiger charge is 2.10. The molecule has 0 N–H and O–H groups in total. The molecule has 3 aromatic rings. The molecule has 2 aromatic carbocycles. The number of hydrogen-bond acceptors (Lipinski definition) is 5. The molecule has 23 heavy (non-hydrogen) atoms. The molecular formula is C18H14O5. The van der Waals surface area contributed by atoms with Gasteiger partial charge in [0, 0.05) is 11.5 Å². The number of esters is 1. The molecule has 0 spiro atoms. The van der Waals surface area contributed by atoms with Crippen LogP contribution >= 0.6 is 0 Å². The predicted molar refractivity (Wildman–Crippen MR) is 85.8 cm³/mol. The highest BCUT2D eigenvalue weighted by atomic mass is 16.5. The standard InChI is InChI=1S/C18H14O5/c1-21-14-8-7-13-9-15(18(20)23-16(13)10-14)11-3-5-12(6-4-11)17(19)22-2/h3-10H,1-2H3.